The van der Waals surface area contributed by atoms with Gasteiger partial charge in [-0.1, -0.05) is 30.1 Å². The van der Waals surface area contributed by atoms with Gasteiger partial charge in [-0.2, -0.15) is 0 Å². The number of ether oxygens (including phenoxy) is 1. The van der Waals surface area contributed by atoms with Crippen LogP contribution in [-0.2, 0) is 0 Å². The minimum absolute atomic E-state index is 0.398. The van der Waals surface area contributed by atoms with Crippen LogP contribution in [0.3, 0.4) is 0 Å². The number of benzene rings is 1. The zero-order chi connectivity index (χ0) is 16.4. The lowest BCUT2D eigenvalue weighted by atomic mass is 10.1. The fourth-order valence-electron chi connectivity index (χ4n) is 2.34. The van der Waals surface area contributed by atoms with E-state index in [1.807, 2.05) is 24.3 Å². The highest BCUT2D eigenvalue weighted by Crippen LogP contribution is 2.29. The Morgan fingerprint density at radius 1 is 1.26 bits per heavy atom. The monoisotopic (exact) mass is 348 g/mol. The van der Waals surface area contributed by atoms with E-state index in [1.165, 1.54) is 0 Å². The lowest BCUT2D eigenvalue weighted by molar-refractivity contribution is 0.111. The van der Waals surface area contributed by atoms with E-state index in [0.717, 1.165) is 24.0 Å². The lowest BCUT2D eigenvalue weighted by Crippen LogP contribution is -1.95. The third-order valence-corrected chi connectivity index (χ3v) is 3.88. The Balaban J connectivity index is 2.09. The first-order chi connectivity index (χ1) is 11.1. The van der Waals surface area contributed by atoms with Gasteiger partial charge in [0, 0.05) is 11.8 Å². The van der Waals surface area contributed by atoms with Gasteiger partial charge in [-0.05, 0) is 36.8 Å². The molecule has 118 valence electrons. The molecule has 2 heterocycles. The first kappa shape index (κ1) is 15.8. The average Bonchev–Trinajstić information content (AvgIpc) is 2.92. The van der Waals surface area contributed by atoms with Gasteiger partial charge in [-0.25, -0.2) is 4.98 Å². The summed E-state index contributed by atoms with van der Waals surface area (Å²) in [6.07, 6.45) is 3.33. The summed E-state index contributed by atoms with van der Waals surface area (Å²) in [5.74, 6) is 0.785. The van der Waals surface area contributed by atoms with Gasteiger partial charge >= 0.3 is 0 Å². The molecule has 2 aromatic heterocycles. The second-order valence-electron chi connectivity index (χ2n) is 5.04. The van der Waals surface area contributed by atoms with Gasteiger partial charge in [0.05, 0.1) is 16.7 Å². The van der Waals surface area contributed by atoms with Crippen molar-refractivity contribution < 1.29 is 9.53 Å². The number of hydrogen-bond acceptors (Lipinski definition) is 3. The van der Waals surface area contributed by atoms with E-state index in [1.54, 1.807) is 16.7 Å². The van der Waals surface area contributed by atoms with Crippen LogP contribution in [0, 0.1) is 0 Å². The number of imidazole rings is 1. The standard InChI is InChI=1S/C17H14Cl2N2O2/c1-2-7-23-13-5-3-11(4-6-13)16-15(10-22)21-9-12(18)8-14(19)17(21)20-16/h3-6,8-10H,2,7H2,1H3. The van der Waals surface area contributed by atoms with Crippen LogP contribution in [0.5, 0.6) is 5.75 Å². The first-order valence-corrected chi connectivity index (χ1v) is 7.95. The van der Waals surface area contributed by atoms with Crippen LogP contribution in [0.25, 0.3) is 16.9 Å². The molecule has 0 unspecified atom stereocenters. The summed E-state index contributed by atoms with van der Waals surface area (Å²) in [4.78, 5) is 16.0. The van der Waals surface area contributed by atoms with E-state index >= 15 is 0 Å². The number of fused-ring (bicyclic) bond motifs is 1. The molecule has 6 heteroatoms. The van der Waals surface area contributed by atoms with Crippen molar-refractivity contribution in [1.82, 2.24) is 9.38 Å². The number of aldehydes is 1. The SMILES string of the molecule is CCCOc1ccc(-c2nc3c(Cl)cc(Cl)cn3c2C=O)cc1. The number of carbonyl (C=O) groups excluding carboxylic acids is 1. The van der Waals surface area contributed by atoms with Crippen LogP contribution in [0.2, 0.25) is 10.0 Å². The molecule has 0 N–H and O–H groups in total. The molecule has 0 amide bonds. The van der Waals surface area contributed by atoms with Crippen LogP contribution in [-0.4, -0.2) is 22.3 Å². The Bertz CT molecular complexity index is 857. The summed E-state index contributed by atoms with van der Waals surface area (Å²) in [7, 11) is 0. The highest BCUT2D eigenvalue weighted by Gasteiger charge is 2.16. The minimum atomic E-state index is 0.398. The molecule has 3 aromatic rings. The van der Waals surface area contributed by atoms with Crippen LogP contribution in [0.1, 0.15) is 23.8 Å². The fourth-order valence-corrected chi connectivity index (χ4v) is 2.86. The summed E-state index contributed by atoms with van der Waals surface area (Å²) >= 11 is 12.2. The van der Waals surface area contributed by atoms with Gasteiger partial charge in [0.15, 0.2) is 11.9 Å². The van der Waals surface area contributed by atoms with Crippen molar-refractivity contribution in [3.05, 3.63) is 52.3 Å². The molecule has 23 heavy (non-hydrogen) atoms. The minimum Gasteiger partial charge on any atom is -0.494 e. The van der Waals surface area contributed by atoms with Crippen LogP contribution >= 0.6 is 23.2 Å². The van der Waals surface area contributed by atoms with Gasteiger partial charge in [-0.3, -0.25) is 9.20 Å². The molecule has 0 spiro atoms. The first-order valence-electron chi connectivity index (χ1n) is 7.19. The molecule has 1 aromatic carbocycles. The third kappa shape index (κ3) is 3.05. The molecule has 0 aliphatic carbocycles. The molecule has 0 saturated carbocycles. The normalized spacial score (nSPS) is 10.9. The molecular weight excluding hydrogens is 335 g/mol. The Kier molecular flexibility index (Phi) is 4.55. The highest BCUT2D eigenvalue weighted by molar-refractivity contribution is 6.36. The Labute approximate surface area is 143 Å². The van der Waals surface area contributed by atoms with Gasteiger partial charge in [0.1, 0.15) is 17.1 Å². The average molecular weight is 349 g/mol. The molecule has 0 fully saturated rings. The van der Waals surface area contributed by atoms with Crippen LogP contribution < -0.4 is 4.74 Å². The maximum absolute atomic E-state index is 11.5. The second kappa shape index (κ2) is 6.60. The molecule has 0 bridgehead atoms. The van der Waals surface area contributed by atoms with Crippen LogP contribution in [0.4, 0.5) is 0 Å². The number of nitrogens with zero attached hydrogens (tertiary/aromatic N) is 2. The van der Waals surface area contributed by atoms with Gasteiger partial charge in [0.2, 0.25) is 0 Å². The van der Waals surface area contributed by atoms with E-state index in [2.05, 4.69) is 11.9 Å². The quantitative estimate of drug-likeness (QED) is 0.615. The van der Waals surface area contributed by atoms with E-state index in [4.69, 9.17) is 27.9 Å². The molecule has 0 aliphatic rings. The molecular formula is C17H14Cl2N2O2. The Morgan fingerprint density at radius 2 is 2.00 bits per heavy atom. The van der Waals surface area contributed by atoms with Crippen LogP contribution in [0.15, 0.2) is 36.5 Å². The van der Waals surface area contributed by atoms with E-state index in [-0.39, 0.29) is 0 Å². The van der Waals surface area contributed by atoms with E-state index in [9.17, 15) is 4.79 Å². The predicted octanol–water partition coefficient (Wildman–Crippen LogP) is 4.91. The summed E-state index contributed by atoms with van der Waals surface area (Å²) in [5.41, 5.74) is 2.28. The smallest absolute Gasteiger partial charge is 0.169 e. The third-order valence-electron chi connectivity index (χ3n) is 3.39. The maximum Gasteiger partial charge on any atom is 0.169 e. The van der Waals surface area contributed by atoms with Gasteiger partial charge in [-0.15, -0.1) is 0 Å². The van der Waals surface area contributed by atoms with E-state index in [0.29, 0.717) is 33.7 Å². The molecule has 0 atom stereocenters. The number of aromatic nitrogens is 2. The van der Waals surface area contributed by atoms with Crippen molar-refractivity contribution in [2.75, 3.05) is 6.61 Å². The van der Waals surface area contributed by atoms with Gasteiger partial charge in [0.25, 0.3) is 0 Å². The number of carbonyl (C=O) groups is 1. The summed E-state index contributed by atoms with van der Waals surface area (Å²) in [6, 6.07) is 9.06. The second-order valence-corrected chi connectivity index (χ2v) is 5.88. The summed E-state index contributed by atoms with van der Waals surface area (Å²) in [6.45, 7) is 2.72. The van der Waals surface area contributed by atoms with Crippen molar-refractivity contribution in [2.24, 2.45) is 0 Å². The summed E-state index contributed by atoms with van der Waals surface area (Å²) < 4.78 is 7.17. The zero-order valence-corrected chi connectivity index (χ0v) is 13.9. The number of pyridine rings is 1. The number of hydrogen-bond donors (Lipinski definition) is 0. The van der Waals surface area contributed by atoms with E-state index < -0.39 is 0 Å². The van der Waals surface area contributed by atoms with Crippen molar-refractivity contribution in [3.8, 4) is 17.0 Å². The molecule has 3 rings (SSSR count). The lowest BCUT2D eigenvalue weighted by Gasteiger charge is -2.05. The predicted molar refractivity (Wildman–Crippen MR) is 91.8 cm³/mol. The molecule has 0 radical (unpaired) electrons. The Morgan fingerprint density at radius 3 is 2.65 bits per heavy atom. The van der Waals surface area contributed by atoms with Gasteiger partial charge < -0.3 is 4.74 Å². The van der Waals surface area contributed by atoms with Crippen molar-refractivity contribution in [3.63, 3.8) is 0 Å². The molecule has 4 nitrogen and oxygen atoms in total. The molecule has 0 saturated heterocycles. The topological polar surface area (TPSA) is 43.6 Å². The van der Waals surface area contributed by atoms with Crippen molar-refractivity contribution in [2.45, 2.75) is 13.3 Å². The molecule has 0 aliphatic heterocycles. The summed E-state index contributed by atoms with van der Waals surface area (Å²) in [5, 5.41) is 0.840. The zero-order valence-electron chi connectivity index (χ0n) is 12.4. The number of halogens is 2. The van der Waals surface area contributed by atoms with Crippen molar-refractivity contribution >= 4 is 35.1 Å². The highest BCUT2D eigenvalue weighted by atomic mass is 35.5. The van der Waals surface area contributed by atoms with Crippen molar-refractivity contribution in [1.29, 1.82) is 0 Å². The largest absolute Gasteiger partial charge is 0.494 e. The fraction of sp³-hybridized carbons (Fsp3) is 0.176. The Hall–Kier alpha value is -2.04. The number of rotatable bonds is 5. The maximum atomic E-state index is 11.5.